The normalized spacial score (nSPS) is 11.7. The Morgan fingerprint density at radius 3 is 2.21 bits per heavy atom. The number of hydrogen-bond acceptors (Lipinski definition) is 2. The summed E-state index contributed by atoms with van der Waals surface area (Å²) in [5.74, 6) is 0. The van der Waals surface area contributed by atoms with Crippen LogP contribution in [0.25, 0.3) is 0 Å². The van der Waals surface area contributed by atoms with Gasteiger partial charge in [-0.15, -0.1) is 0 Å². The second-order valence-electron chi connectivity index (χ2n) is 3.39. The molecule has 0 saturated heterocycles. The third kappa shape index (κ3) is 2.14. The molecular weight excluding hydrogens is 303 g/mol. The van der Waals surface area contributed by atoms with Crippen molar-refractivity contribution < 1.29 is 8.42 Å². The number of sulfone groups is 1. The molecule has 0 fully saturated rings. The molecule has 0 heterocycles. The van der Waals surface area contributed by atoms with Crippen LogP contribution in [0.1, 0.15) is 16.7 Å². The standard InChI is InChI=1S/C10H13O2S.Sn/c1-7-5-6-10(13(4,11)12)9(3)8(7)2;/h5-6H,4H2,1-3H3;. The first-order valence-electron chi connectivity index (χ1n) is 4.34. The summed E-state index contributed by atoms with van der Waals surface area (Å²) in [5, 5.41) is 0. The van der Waals surface area contributed by atoms with Gasteiger partial charge < -0.3 is 0 Å². The van der Waals surface area contributed by atoms with Gasteiger partial charge in [-0.25, -0.2) is 0 Å². The molecule has 0 bridgehead atoms. The number of hydrogen-bond donors (Lipinski definition) is 0. The monoisotopic (exact) mass is 317 g/mol. The Hall–Kier alpha value is -0.0313. The van der Waals surface area contributed by atoms with Crippen molar-refractivity contribution in [3.8, 4) is 0 Å². The summed E-state index contributed by atoms with van der Waals surface area (Å²) in [5.41, 5.74) is 3.12. The van der Waals surface area contributed by atoms with Gasteiger partial charge in [-0.2, -0.15) is 0 Å². The predicted octanol–water partition coefficient (Wildman–Crippen LogP) is 1.51. The summed E-state index contributed by atoms with van der Waals surface area (Å²) in [6.45, 7) is 5.84. The van der Waals surface area contributed by atoms with Gasteiger partial charge in [-0.1, -0.05) is 0 Å². The van der Waals surface area contributed by atoms with Gasteiger partial charge in [0.05, 0.1) is 0 Å². The van der Waals surface area contributed by atoms with Crippen LogP contribution in [-0.4, -0.2) is 34.7 Å². The molecule has 0 spiro atoms. The summed E-state index contributed by atoms with van der Waals surface area (Å²) in [6.07, 6.45) is 0. The zero-order chi connectivity index (χ0) is 10.9. The second kappa shape index (κ2) is 4.23. The Morgan fingerprint density at radius 1 is 1.14 bits per heavy atom. The number of aryl methyl sites for hydroxylation is 1. The summed E-state index contributed by atoms with van der Waals surface area (Å²) in [6, 6.07) is 3.60. The predicted molar refractivity (Wildman–Crippen MR) is 58.5 cm³/mol. The molecule has 14 heavy (non-hydrogen) atoms. The van der Waals surface area contributed by atoms with Crippen LogP contribution in [0.15, 0.2) is 17.0 Å². The van der Waals surface area contributed by atoms with E-state index in [4.69, 9.17) is 0 Å². The van der Waals surface area contributed by atoms with Crippen LogP contribution in [0.4, 0.5) is 0 Å². The van der Waals surface area contributed by atoms with Gasteiger partial charge in [0.1, 0.15) is 0 Å². The molecule has 0 unspecified atom stereocenters. The Labute approximate surface area is 98.7 Å². The van der Waals surface area contributed by atoms with E-state index in [1.807, 2.05) is 26.8 Å². The van der Waals surface area contributed by atoms with E-state index in [1.54, 1.807) is 6.07 Å². The van der Waals surface area contributed by atoms with Gasteiger partial charge in [0.15, 0.2) is 0 Å². The molecular formula is C10H13O2SSn. The average Bonchev–Trinajstić information content (AvgIpc) is 2.14. The molecule has 3 radical (unpaired) electrons. The van der Waals surface area contributed by atoms with Gasteiger partial charge in [0, 0.05) is 0 Å². The Balaban J connectivity index is 3.47. The molecule has 0 amide bonds. The fourth-order valence-corrected chi connectivity index (χ4v) is 3.73. The van der Waals surface area contributed by atoms with Crippen LogP contribution in [0.5, 0.6) is 0 Å². The summed E-state index contributed by atoms with van der Waals surface area (Å²) in [4.78, 5) is 0.498. The first-order chi connectivity index (χ1) is 6.40. The van der Waals surface area contributed by atoms with Gasteiger partial charge in [-0.05, 0) is 0 Å². The Kier molecular flexibility index (Phi) is 3.63. The van der Waals surface area contributed by atoms with E-state index in [2.05, 4.69) is 0 Å². The van der Waals surface area contributed by atoms with Crippen molar-refractivity contribution in [1.29, 1.82) is 0 Å². The minimum absolute atomic E-state index is 0.253. The molecule has 75 valence electrons. The quantitative estimate of drug-likeness (QED) is 0.775. The van der Waals surface area contributed by atoms with E-state index >= 15 is 0 Å². The van der Waals surface area contributed by atoms with Crippen LogP contribution in [0.3, 0.4) is 0 Å². The van der Waals surface area contributed by atoms with Crippen LogP contribution in [0.2, 0.25) is 0 Å². The van der Waals surface area contributed by atoms with Crippen LogP contribution < -0.4 is 0 Å². The van der Waals surface area contributed by atoms with Crippen molar-refractivity contribution in [1.82, 2.24) is 0 Å². The van der Waals surface area contributed by atoms with Crippen LogP contribution in [0, 0.1) is 20.8 Å². The van der Waals surface area contributed by atoms with Crippen molar-refractivity contribution >= 4 is 32.4 Å². The van der Waals surface area contributed by atoms with Gasteiger partial charge >= 0.3 is 99.0 Å². The molecule has 2 nitrogen and oxygen atoms in total. The molecule has 0 saturated carbocycles. The SMILES string of the molecule is Cc1ccc(S(=O)(=O)[CH2][Sn])c(C)c1C. The molecule has 0 aliphatic rings. The van der Waals surface area contributed by atoms with Crippen molar-refractivity contribution in [2.75, 3.05) is 3.77 Å². The van der Waals surface area contributed by atoms with Crippen LogP contribution in [-0.2, 0) is 9.84 Å². The van der Waals surface area contributed by atoms with Crippen molar-refractivity contribution in [2.24, 2.45) is 0 Å². The third-order valence-corrected chi connectivity index (χ3v) is 7.28. The molecule has 1 aromatic carbocycles. The molecule has 4 heteroatoms. The van der Waals surface area contributed by atoms with Crippen LogP contribution >= 0.6 is 0 Å². The number of rotatable bonds is 2. The van der Waals surface area contributed by atoms with Gasteiger partial charge in [0.25, 0.3) is 0 Å². The Morgan fingerprint density at radius 2 is 1.71 bits per heavy atom. The number of benzene rings is 1. The first kappa shape index (κ1) is 12.0. The maximum atomic E-state index is 11.7. The molecule has 1 rings (SSSR count). The van der Waals surface area contributed by atoms with Gasteiger partial charge in [0.2, 0.25) is 0 Å². The van der Waals surface area contributed by atoms with E-state index in [-0.39, 0.29) is 3.77 Å². The zero-order valence-electron chi connectivity index (χ0n) is 8.59. The maximum absolute atomic E-state index is 11.7. The van der Waals surface area contributed by atoms with E-state index in [0.29, 0.717) is 4.90 Å². The van der Waals surface area contributed by atoms with Gasteiger partial charge in [-0.3, -0.25) is 0 Å². The van der Waals surface area contributed by atoms with Crippen molar-refractivity contribution in [3.05, 3.63) is 28.8 Å². The Bertz CT molecular complexity index is 449. The average molecular weight is 316 g/mol. The van der Waals surface area contributed by atoms with E-state index < -0.39 is 9.84 Å². The summed E-state index contributed by atoms with van der Waals surface area (Å²) >= 11 is 1.03. The zero-order valence-corrected chi connectivity index (χ0v) is 12.3. The fourth-order valence-electron chi connectivity index (χ4n) is 1.35. The molecule has 0 aliphatic heterocycles. The minimum atomic E-state index is -3.03. The van der Waals surface area contributed by atoms with E-state index in [1.165, 1.54) is 0 Å². The van der Waals surface area contributed by atoms with Crippen molar-refractivity contribution in [3.63, 3.8) is 0 Å². The third-order valence-electron chi connectivity index (χ3n) is 2.53. The summed E-state index contributed by atoms with van der Waals surface area (Å²) in [7, 11) is -3.03. The fraction of sp³-hybridized carbons (Fsp3) is 0.400. The molecule has 0 aromatic heterocycles. The second-order valence-corrected chi connectivity index (χ2v) is 7.82. The van der Waals surface area contributed by atoms with E-state index in [9.17, 15) is 8.42 Å². The first-order valence-corrected chi connectivity index (χ1v) is 8.01. The topological polar surface area (TPSA) is 34.1 Å². The molecule has 0 aliphatic carbocycles. The summed E-state index contributed by atoms with van der Waals surface area (Å²) < 4.78 is 23.7. The molecule has 0 atom stereocenters. The molecule has 1 aromatic rings. The van der Waals surface area contributed by atoms with Crippen molar-refractivity contribution in [2.45, 2.75) is 25.7 Å². The van der Waals surface area contributed by atoms with E-state index in [0.717, 1.165) is 39.2 Å². The molecule has 0 N–H and O–H groups in total.